The van der Waals surface area contributed by atoms with Crippen molar-refractivity contribution >= 4 is 0 Å². The zero-order valence-electron chi connectivity index (χ0n) is 5.99. The lowest BCUT2D eigenvalue weighted by atomic mass is 9.95. The van der Waals surface area contributed by atoms with Crippen molar-refractivity contribution in [1.29, 1.82) is 0 Å². The van der Waals surface area contributed by atoms with E-state index in [1.165, 1.54) is 0 Å². The maximum Gasteiger partial charge on any atom is 0.231 e. The number of hydrogen-bond donors (Lipinski definition) is 0. The Balaban J connectivity index is 2.53. The molecule has 0 aromatic heterocycles. The van der Waals surface area contributed by atoms with Crippen LogP contribution in [0.3, 0.4) is 0 Å². The lowest BCUT2D eigenvalue weighted by molar-refractivity contribution is -0.511. The zero-order chi connectivity index (χ0) is 7.56. The van der Waals surface area contributed by atoms with Crippen LogP contribution < -0.4 is 0 Å². The van der Waals surface area contributed by atoms with Gasteiger partial charge >= 0.3 is 0 Å². The van der Waals surface area contributed by atoms with Gasteiger partial charge in [-0.2, -0.15) is 0 Å². The summed E-state index contributed by atoms with van der Waals surface area (Å²) in [4.78, 5) is 10.00. The molecule has 0 saturated carbocycles. The van der Waals surface area contributed by atoms with Gasteiger partial charge in [-0.3, -0.25) is 10.1 Å². The van der Waals surface area contributed by atoms with E-state index in [1.807, 2.05) is 6.08 Å². The number of nitro groups is 1. The standard InChI is InChI=1S/C7H11NO2/c1-6-2-4-7(5-3-6)8(9)10/h2,4,6-7H,3,5H2,1H3. The topological polar surface area (TPSA) is 43.1 Å². The maximum atomic E-state index is 10.2. The molecule has 0 aromatic carbocycles. The van der Waals surface area contributed by atoms with E-state index in [4.69, 9.17) is 0 Å². The molecule has 0 bridgehead atoms. The summed E-state index contributed by atoms with van der Waals surface area (Å²) in [5.41, 5.74) is 0. The fourth-order valence-corrected chi connectivity index (χ4v) is 1.12. The number of rotatable bonds is 1. The van der Waals surface area contributed by atoms with Crippen LogP contribution in [0.25, 0.3) is 0 Å². The number of allylic oxidation sites excluding steroid dienone is 1. The number of nitrogens with zero attached hydrogens (tertiary/aromatic N) is 1. The fourth-order valence-electron chi connectivity index (χ4n) is 1.12. The van der Waals surface area contributed by atoms with Gasteiger partial charge < -0.3 is 0 Å². The monoisotopic (exact) mass is 141 g/mol. The largest absolute Gasteiger partial charge is 0.264 e. The third-order valence-corrected chi connectivity index (χ3v) is 1.85. The van der Waals surface area contributed by atoms with Crippen LogP contribution in [0, 0.1) is 16.0 Å². The molecule has 3 heteroatoms. The van der Waals surface area contributed by atoms with E-state index in [-0.39, 0.29) is 4.92 Å². The van der Waals surface area contributed by atoms with E-state index in [0.717, 1.165) is 6.42 Å². The molecule has 0 spiro atoms. The molecule has 10 heavy (non-hydrogen) atoms. The molecule has 0 aliphatic heterocycles. The van der Waals surface area contributed by atoms with E-state index in [2.05, 4.69) is 6.92 Å². The van der Waals surface area contributed by atoms with Gasteiger partial charge in [0.15, 0.2) is 0 Å². The Bertz CT molecular complexity index is 165. The average molecular weight is 141 g/mol. The van der Waals surface area contributed by atoms with E-state index in [1.54, 1.807) is 6.08 Å². The first-order chi connectivity index (χ1) is 4.70. The van der Waals surface area contributed by atoms with Crippen LogP contribution in [-0.4, -0.2) is 11.0 Å². The van der Waals surface area contributed by atoms with Crippen molar-refractivity contribution in [3.8, 4) is 0 Å². The Kier molecular flexibility index (Phi) is 2.04. The van der Waals surface area contributed by atoms with E-state index in [9.17, 15) is 10.1 Å². The summed E-state index contributed by atoms with van der Waals surface area (Å²) in [7, 11) is 0. The SMILES string of the molecule is CC1C=CC([N+](=O)[O-])CC1. The van der Waals surface area contributed by atoms with Crippen LogP contribution in [0.4, 0.5) is 0 Å². The van der Waals surface area contributed by atoms with Gasteiger partial charge in [-0.1, -0.05) is 13.0 Å². The molecule has 0 radical (unpaired) electrons. The van der Waals surface area contributed by atoms with Crippen LogP contribution in [0.2, 0.25) is 0 Å². The zero-order valence-corrected chi connectivity index (χ0v) is 5.99. The summed E-state index contributed by atoms with van der Waals surface area (Å²) in [6.07, 6.45) is 5.28. The van der Waals surface area contributed by atoms with E-state index < -0.39 is 6.04 Å². The molecule has 0 heterocycles. The molecule has 56 valence electrons. The Morgan fingerprint density at radius 2 is 2.20 bits per heavy atom. The minimum Gasteiger partial charge on any atom is -0.264 e. The van der Waals surface area contributed by atoms with Crippen molar-refractivity contribution in [1.82, 2.24) is 0 Å². The first kappa shape index (κ1) is 7.25. The van der Waals surface area contributed by atoms with Crippen molar-refractivity contribution in [2.45, 2.75) is 25.8 Å². The van der Waals surface area contributed by atoms with Crippen LogP contribution in [0.5, 0.6) is 0 Å². The van der Waals surface area contributed by atoms with Gasteiger partial charge in [0, 0.05) is 11.3 Å². The van der Waals surface area contributed by atoms with Crippen LogP contribution >= 0.6 is 0 Å². The van der Waals surface area contributed by atoms with Gasteiger partial charge in [-0.15, -0.1) is 0 Å². The Labute approximate surface area is 59.9 Å². The summed E-state index contributed by atoms with van der Waals surface area (Å²) in [5.74, 6) is 0.524. The second-order valence-corrected chi connectivity index (χ2v) is 2.79. The Hall–Kier alpha value is -0.860. The molecule has 0 N–H and O–H groups in total. The number of hydrogen-bond acceptors (Lipinski definition) is 2. The minimum atomic E-state index is -0.420. The van der Waals surface area contributed by atoms with Crippen molar-refractivity contribution in [3.05, 3.63) is 22.3 Å². The molecule has 2 unspecified atom stereocenters. The highest BCUT2D eigenvalue weighted by Gasteiger charge is 2.20. The van der Waals surface area contributed by atoms with Crippen LogP contribution in [0.1, 0.15) is 19.8 Å². The lowest BCUT2D eigenvalue weighted by Crippen LogP contribution is -2.20. The summed E-state index contributed by atoms with van der Waals surface area (Å²) < 4.78 is 0. The molecular weight excluding hydrogens is 130 g/mol. The minimum absolute atomic E-state index is 0.220. The van der Waals surface area contributed by atoms with Gasteiger partial charge in [0.25, 0.3) is 0 Å². The Morgan fingerprint density at radius 3 is 2.60 bits per heavy atom. The predicted molar refractivity (Wildman–Crippen MR) is 38.3 cm³/mol. The highest BCUT2D eigenvalue weighted by molar-refractivity contribution is 4.96. The molecule has 1 rings (SSSR count). The molecule has 0 amide bonds. The first-order valence-electron chi connectivity index (χ1n) is 3.52. The third-order valence-electron chi connectivity index (χ3n) is 1.85. The lowest BCUT2D eigenvalue weighted by Gasteiger charge is -2.13. The van der Waals surface area contributed by atoms with E-state index in [0.29, 0.717) is 12.3 Å². The summed E-state index contributed by atoms with van der Waals surface area (Å²) in [5, 5.41) is 10.2. The molecular formula is C7H11NO2. The highest BCUT2D eigenvalue weighted by Crippen LogP contribution is 2.17. The van der Waals surface area contributed by atoms with Crippen LogP contribution in [-0.2, 0) is 0 Å². The molecule has 0 fully saturated rings. The van der Waals surface area contributed by atoms with Crippen molar-refractivity contribution in [2.75, 3.05) is 0 Å². The van der Waals surface area contributed by atoms with Gasteiger partial charge in [0.05, 0.1) is 0 Å². The second-order valence-electron chi connectivity index (χ2n) is 2.79. The maximum absolute atomic E-state index is 10.2. The highest BCUT2D eigenvalue weighted by atomic mass is 16.6. The second kappa shape index (κ2) is 2.82. The van der Waals surface area contributed by atoms with Crippen molar-refractivity contribution in [3.63, 3.8) is 0 Å². The predicted octanol–water partition coefficient (Wildman–Crippen LogP) is 1.62. The van der Waals surface area contributed by atoms with Crippen molar-refractivity contribution < 1.29 is 4.92 Å². The van der Waals surface area contributed by atoms with Gasteiger partial charge in [-0.05, 0) is 18.4 Å². The molecule has 2 atom stereocenters. The molecule has 1 aliphatic carbocycles. The van der Waals surface area contributed by atoms with Crippen LogP contribution in [0.15, 0.2) is 12.2 Å². The summed E-state index contributed by atoms with van der Waals surface area (Å²) in [6, 6.07) is -0.420. The summed E-state index contributed by atoms with van der Waals surface area (Å²) in [6.45, 7) is 2.08. The van der Waals surface area contributed by atoms with E-state index >= 15 is 0 Å². The van der Waals surface area contributed by atoms with Gasteiger partial charge in [-0.25, -0.2) is 0 Å². The fraction of sp³-hybridized carbons (Fsp3) is 0.714. The molecule has 0 aromatic rings. The molecule has 1 aliphatic rings. The van der Waals surface area contributed by atoms with Crippen molar-refractivity contribution in [2.24, 2.45) is 5.92 Å². The smallest absolute Gasteiger partial charge is 0.231 e. The molecule has 0 saturated heterocycles. The van der Waals surface area contributed by atoms with Gasteiger partial charge in [0.2, 0.25) is 6.04 Å². The summed E-state index contributed by atoms with van der Waals surface area (Å²) >= 11 is 0. The normalized spacial score (nSPS) is 32.1. The molecule has 3 nitrogen and oxygen atoms in total. The average Bonchev–Trinajstić information content (AvgIpc) is 1.88. The third kappa shape index (κ3) is 1.56. The quantitative estimate of drug-likeness (QED) is 0.316. The Morgan fingerprint density at radius 1 is 1.50 bits per heavy atom. The van der Waals surface area contributed by atoms with Gasteiger partial charge in [0.1, 0.15) is 0 Å². The first-order valence-corrected chi connectivity index (χ1v) is 3.52.